The number of nitrogens with zero attached hydrogens (tertiary/aromatic N) is 3. The molecular weight excluding hydrogens is 535 g/mol. The van der Waals surface area contributed by atoms with Crippen LogP contribution in [0.25, 0.3) is 6.08 Å². The smallest absolute Gasteiger partial charge is 0.329 e. The summed E-state index contributed by atoms with van der Waals surface area (Å²) in [6, 6.07) is 24.2. The first kappa shape index (κ1) is 27.8. The zero-order valence-electron chi connectivity index (χ0n) is 21.1. The lowest BCUT2D eigenvalue weighted by Gasteiger charge is -2.25. The maximum Gasteiger partial charge on any atom is 0.329 e. The van der Waals surface area contributed by atoms with Gasteiger partial charge in [0.05, 0.1) is 22.2 Å². The van der Waals surface area contributed by atoms with E-state index in [1.54, 1.807) is 36.7 Å². The Balaban J connectivity index is 1.49. The topological polar surface area (TPSA) is 95.4 Å². The Morgan fingerprint density at radius 2 is 1.56 bits per heavy atom. The van der Waals surface area contributed by atoms with Crippen molar-refractivity contribution < 1.29 is 14.7 Å². The number of aromatic nitrogens is 2. The van der Waals surface area contributed by atoms with Crippen LogP contribution in [0, 0.1) is 0 Å². The fourth-order valence-electron chi connectivity index (χ4n) is 3.89. The first-order valence-electron chi connectivity index (χ1n) is 12.1. The first-order valence-corrected chi connectivity index (χ1v) is 12.9. The minimum absolute atomic E-state index is 0.0373. The van der Waals surface area contributed by atoms with E-state index in [-0.39, 0.29) is 22.0 Å². The Kier molecular flexibility index (Phi) is 8.96. The van der Waals surface area contributed by atoms with Crippen molar-refractivity contribution in [3.8, 4) is 0 Å². The number of hydrogen-bond acceptors (Lipinski definition) is 5. The van der Waals surface area contributed by atoms with Crippen LogP contribution in [0.15, 0.2) is 97.3 Å². The minimum atomic E-state index is -1.58. The molecule has 198 valence electrons. The molecule has 0 aliphatic rings. The number of aliphatic carboxylic acids is 1. The first-order chi connectivity index (χ1) is 18.8. The van der Waals surface area contributed by atoms with Crippen LogP contribution < -0.4 is 10.2 Å². The number of benzene rings is 3. The van der Waals surface area contributed by atoms with Gasteiger partial charge in [-0.25, -0.2) is 14.8 Å². The summed E-state index contributed by atoms with van der Waals surface area (Å²) in [5.74, 6) is -1.26. The number of rotatable bonds is 10. The molecule has 0 saturated heterocycles. The Morgan fingerprint density at radius 1 is 0.923 bits per heavy atom. The summed E-state index contributed by atoms with van der Waals surface area (Å²) in [6.07, 6.45) is 6.96. The van der Waals surface area contributed by atoms with E-state index >= 15 is 0 Å². The van der Waals surface area contributed by atoms with Crippen LogP contribution in [0.1, 0.15) is 34.8 Å². The summed E-state index contributed by atoms with van der Waals surface area (Å²) >= 11 is 12.2. The second-order valence-corrected chi connectivity index (χ2v) is 9.82. The lowest BCUT2D eigenvalue weighted by Crippen LogP contribution is -2.52. The van der Waals surface area contributed by atoms with Gasteiger partial charge in [-0.3, -0.25) is 4.79 Å². The van der Waals surface area contributed by atoms with Crippen LogP contribution in [0.4, 0.5) is 11.6 Å². The van der Waals surface area contributed by atoms with Gasteiger partial charge in [0.15, 0.2) is 0 Å². The van der Waals surface area contributed by atoms with Gasteiger partial charge in [-0.2, -0.15) is 0 Å². The van der Waals surface area contributed by atoms with E-state index in [9.17, 15) is 14.7 Å². The van der Waals surface area contributed by atoms with Crippen LogP contribution in [0.2, 0.25) is 10.0 Å². The van der Waals surface area contributed by atoms with Gasteiger partial charge >= 0.3 is 5.97 Å². The van der Waals surface area contributed by atoms with Crippen molar-refractivity contribution in [2.75, 3.05) is 4.90 Å². The van der Waals surface area contributed by atoms with E-state index in [0.717, 1.165) is 16.8 Å². The van der Waals surface area contributed by atoms with E-state index < -0.39 is 17.4 Å². The number of amides is 1. The van der Waals surface area contributed by atoms with Gasteiger partial charge in [0.25, 0.3) is 5.91 Å². The third-order valence-electron chi connectivity index (χ3n) is 6.07. The molecule has 39 heavy (non-hydrogen) atoms. The summed E-state index contributed by atoms with van der Waals surface area (Å²) in [5, 5.41) is 12.7. The zero-order chi connectivity index (χ0) is 27.8. The molecule has 1 aromatic heterocycles. The van der Waals surface area contributed by atoms with Crippen LogP contribution in [0.3, 0.4) is 0 Å². The lowest BCUT2D eigenvalue weighted by atomic mass is 9.96. The number of hydrogen-bond donors (Lipinski definition) is 2. The van der Waals surface area contributed by atoms with Crippen LogP contribution in [-0.2, 0) is 11.3 Å². The number of carbonyl (C=O) groups excluding carboxylic acids is 1. The summed E-state index contributed by atoms with van der Waals surface area (Å²) in [6.45, 7) is 2.03. The molecule has 0 radical (unpaired) electrons. The van der Waals surface area contributed by atoms with Gasteiger partial charge in [0.2, 0.25) is 5.95 Å². The molecule has 1 heterocycles. The summed E-state index contributed by atoms with van der Waals surface area (Å²) in [4.78, 5) is 35.7. The van der Waals surface area contributed by atoms with Gasteiger partial charge < -0.3 is 15.3 Å². The number of anilines is 2. The lowest BCUT2D eigenvalue weighted by molar-refractivity contribution is -0.143. The molecule has 4 aromatic rings. The molecule has 7 nitrogen and oxygen atoms in total. The molecule has 0 spiro atoms. The second kappa shape index (κ2) is 12.6. The molecule has 1 unspecified atom stereocenters. The van der Waals surface area contributed by atoms with Crippen molar-refractivity contribution in [1.82, 2.24) is 15.3 Å². The van der Waals surface area contributed by atoms with E-state index in [2.05, 4.69) is 15.3 Å². The fraction of sp³-hybridized carbons (Fsp3) is 0.133. The zero-order valence-corrected chi connectivity index (χ0v) is 22.6. The third-order valence-corrected chi connectivity index (χ3v) is 6.70. The monoisotopic (exact) mass is 560 g/mol. The predicted octanol–water partition coefficient (Wildman–Crippen LogP) is 6.80. The van der Waals surface area contributed by atoms with Gasteiger partial charge in [-0.1, -0.05) is 83.9 Å². The average Bonchev–Trinajstić information content (AvgIpc) is 2.93. The third kappa shape index (κ3) is 7.02. The highest BCUT2D eigenvalue weighted by molar-refractivity contribution is 6.39. The molecule has 0 saturated carbocycles. The minimum Gasteiger partial charge on any atom is -0.480 e. The van der Waals surface area contributed by atoms with Crippen LogP contribution in [0.5, 0.6) is 0 Å². The molecule has 0 aliphatic heterocycles. The Hall–Kier alpha value is -4.20. The summed E-state index contributed by atoms with van der Waals surface area (Å²) in [5.41, 5.74) is 1.34. The highest BCUT2D eigenvalue weighted by Crippen LogP contribution is 2.27. The van der Waals surface area contributed by atoms with Crippen molar-refractivity contribution in [2.45, 2.75) is 25.4 Å². The quantitative estimate of drug-likeness (QED) is 0.221. The van der Waals surface area contributed by atoms with Gasteiger partial charge in [-0.05, 0) is 54.8 Å². The Bertz CT molecular complexity index is 1440. The van der Waals surface area contributed by atoms with Crippen LogP contribution >= 0.6 is 23.2 Å². The SMILES string of the molecule is CC(C/C=C/c1ccc(N(Cc2ccccc2)c2ncccn2)cc1)(NC(=O)c1c(Cl)cccc1Cl)C(=O)O. The van der Waals surface area contributed by atoms with E-state index in [1.807, 2.05) is 59.5 Å². The molecule has 1 atom stereocenters. The highest BCUT2D eigenvalue weighted by atomic mass is 35.5. The molecule has 4 rings (SSSR count). The fourth-order valence-corrected chi connectivity index (χ4v) is 4.46. The van der Waals surface area contributed by atoms with Crippen molar-refractivity contribution in [3.05, 3.63) is 124 Å². The summed E-state index contributed by atoms with van der Waals surface area (Å²) in [7, 11) is 0. The molecule has 3 aromatic carbocycles. The largest absolute Gasteiger partial charge is 0.480 e. The van der Waals surface area contributed by atoms with Crippen molar-refractivity contribution in [1.29, 1.82) is 0 Å². The second-order valence-electron chi connectivity index (χ2n) is 9.01. The number of nitrogens with one attached hydrogen (secondary N) is 1. The van der Waals surface area contributed by atoms with E-state index in [0.29, 0.717) is 12.5 Å². The normalized spacial score (nSPS) is 12.6. The van der Waals surface area contributed by atoms with Gasteiger partial charge in [0.1, 0.15) is 5.54 Å². The number of carbonyl (C=O) groups is 2. The average molecular weight is 561 g/mol. The maximum absolute atomic E-state index is 12.8. The van der Waals surface area contributed by atoms with Gasteiger partial charge in [0, 0.05) is 18.1 Å². The number of halogens is 2. The van der Waals surface area contributed by atoms with Crippen molar-refractivity contribution in [2.24, 2.45) is 0 Å². The standard InChI is InChI=1S/C30H26Cl2N4O3/c1-30(28(38)39,35-27(37)26-24(31)11-5-12-25(26)32)17-6-10-21-13-15-23(16-14-21)36(29-33-18-7-19-34-29)20-22-8-3-2-4-9-22/h2-16,18-19H,17,20H2,1H3,(H,35,37)(H,38,39)/b10-6+. The summed E-state index contributed by atoms with van der Waals surface area (Å²) < 4.78 is 0. The molecule has 0 bridgehead atoms. The molecule has 1 amide bonds. The van der Waals surface area contributed by atoms with Crippen LogP contribution in [-0.4, -0.2) is 32.5 Å². The van der Waals surface area contributed by atoms with Gasteiger partial charge in [-0.15, -0.1) is 0 Å². The maximum atomic E-state index is 12.8. The van der Waals surface area contributed by atoms with E-state index in [4.69, 9.17) is 23.2 Å². The molecule has 0 fully saturated rings. The Labute approximate surface area is 236 Å². The molecular formula is C30H26Cl2N4O3. The Morgan fingerprint density at radius 3 is 2.18 bits per heavy atom. The molecule has 0 aliphatic carbocycles. The molecule has 9 heteroatoms. The van der Waals surface area contributed by atoms with E-state index in [1.165, 1.54) is 19.1 Å². The highest BCUT2D eigenvalue weighted by Gasteiger charge is 2.34. The molecule has 2 N–H and O–H groups in total. The van der Waals surface area contributed by atoms with Crippen molar-refractivity contribution >= 4 is 52.8 Å². The number of carboxylic acids is 1. The van der Waals surface area contributed by atoms with Crippen molar-refractivity contribution in [3.63, 3.8) is 0 Å². The predicted molar refractivity (Wildman–Crippen MR) is 154 cm³/mol. The number of carboxylic acid groups (broad SMARTS) is 1.